The van der Waals surface area contributed by atoms with E-state index in [1.165, 1.54) is 0 Å². The predicted molar refractivity (Wildman–Crippen MR) is 90.3 cm³/mol. The third kappa shape index (κ3) is 3.65. The average molecular weight is 318 g/mol. The summed E-state index contributed by atoms with van der Waals surface area (Å²) in [4.78, 5) is 14.2. The second-order valence-corrected chi connectivity index (χ2v) is 6.33. The number of nitrogens with two attached hydrogens (primary N) is 1. The number of piperazine rings is 1. The van der Waals surface area contributed by atoms with Crippen molar-refractivity contribution < 1.29 is 9.53 Å². The van der Waals surface area contributed by atoms with Crippen LogP contribution in [0.5, 0.6) is 0 Å². The number of nitrogens with zero attached hydrogens (tertiary/aromatic N) is 3. The number of rotatable bonds is 4. The van der Waals surface area contributed by atoms with Crippen molar-refractivity contribution in [3.05, 3.63) is 29.8 Å². The maximum absolute atomic E-state index is 11.9. The maximum Gasteiger partial charge on any atom is 0.250 e. The first kappa shape index (κ1) is 16.2. The first-order valence-electron chi connectivity index (χ1n) is 8.36. The van der Waals surface area contributed by atoms with Crippen molar-refractivity contribution in [3.63, 3.8) is 0 Å². The Labute approximate surface area is 137 Å². The van der Waals surface area contributed by atoms with Crippen LogP contribution in [-0.4, -0.2) is 68.3 Å². The lowest BCUT2D eigenvalue weighted by atomic mass is 10.1. The molecule has 0 saturated carbocycles. The van der Waals surface area contributed by atoms with Gasteiger partial charge in [0, 0.05) is 39.4 Å². The van der Waals surface area contributed by atoms with Crippen molar-refractivity contribution in [3.8, 4) is 0 Å². The van der Waals surface area contributed by atoms with Gasteiger partial charge in [-0.15, -0.1) is 0 Å². The number of benzene rings is 1. The summed E-state index contributed by atoms with van der Waals surface area (Å²) in [6.45, 7) is 5.51. The van der Waals surface area contributed by atoms with Gasteiger partial charge in [-0.2, -0.15) is 0 Å². The molecule has 0 aromatic heterocycles. The van der Waals surface area contributed by atoms with E-state index < -0.39 is 0 Å². The van der Waals surface area contributed by atoms with E-state index in [0.717, 1.165) is 57.9 Å². The van der Waals surface area contributed by atoms with Gasteiger partial charge in [-0.1, -0.05) is 12.1 Å². The first-order valence-corrected chi connectivity index (χ1v) is 8.36. The van der Waals surface area contributed by atoms with E-state index in [0.29, 0.717) is 11.6 Å². The first-order chi connectivity index (χ1) is 11.2. The molecule has 2 saturated heterocycles. The molecule has 0 unspecified atom stereocenters. The van der Waals surface area contributed by atoms with E-state index in [2.05, 4.69) is 22.0 Å². The van der Waals surface area contributed by atoms with Crippen LogP contribution < -0.4 is 10.7 Å². The SMILES string of the molecule is CN1CCN(N(c2ccccc2C(N)=O)C2CCOCC2)CC1. The molecule has 23 heavy (non-hydrogen) atoms. The molecular weight excluding hydrogens is 292 g/mol. The number of ether oxygens (including phenoxy) is 1. The normalized spacial score (nSPS) is 21.3. The molecule has 2 aliphatic rings. The quantitative estimate of drug-likeness (QED) is 0.895. The molecule has 0 spiro atoms. The van der Waals surface area contributed by atoms with Gasteiger partial charge in [0.05, 0.1) is 17.3 Å². The molecule has 0 radical (unpaired) electrons. The summed E-state index contributed by atoms with van der Waals surface area (Å²) < 4.78 is 5.52. The largest absolute Gasteiger partial charge is 0.381 e. The highest BCUT2D eigenvalue weighted by atomic mass is 16.5. The number of amides is 1. The molecule has 6 heteroatoms. The number of anilines is 1. The minimum atomic E-state index is -0.369. The topological polar surface area (TPSA) is 62.0 Å². The zero-order valence-electron chi connectivity index (χ0n) is 13.8. The molecule has 1 aromatic rings. The van der Waals surface area contributed by atoms with Crippen molar-refractivity contribution in [2.45, 2.75) is 18.9 Å². The fraction of sp³-hybridized carbons (Fsp3) is 0.588. The lowest BCUT2D eigenvalue weighted by molar-refractivity contribution is 0.0572. The molecule has 1 amide bonds. The molecule has 0 aliphatic carbocycles. The smallest absolute Gasteiger partial charge is 0.250 e. The van der Waals surface area contributed by atoms with Gasteiger partial charge in [-0.05, 0) is 32.0 Å². The Morgan fingerprint density at radius 1 is 1.17 bits per heavy atom. The van der Waals surface area contributed by atoms with Crippen LogP contribution >= 0.6 is 0 Å². The van der Waals surface area contributed by atoms with E-state index in [1.54, 1.807) is 0 Å². The molecule has 2 N–H and O–H groups in total. The highest BCUT2D eigenvalue weighted by molar-refractivity contribution is 5.98. The van der Waals surface area contributed by atoms with E-state index in [4.69, 9.17) is 10.5 Å². The number of para-hydroxylation sites is 1. The van der Waals surface area contributed by atoms with E-state index in [1.807, 2.05) is 24.3 Å². The summed E-state index contributed by atoms with van der Waals surface area (Å²) in [7, 11) is 2.15. The van der Waals surface area contributed by atoms with Crippen molar-refractivity contribution >= 4 is 11.6 Å². The third-order valence-corrected chi connectivity index (χ3v) is 4.74. The van der Waals surface area contributed by atoms with Crippen LogP contribution in [0.3, 0.4) is 0 Å². The Balaban J connectivity index is 1.93. The standard InChI is InChI=1S/C17H26N4O2/c1-19-8-10-20(11-9-19)21(14-6-12-23-13-7-14)16-5-3-2-4-15(16)17(18)22/h2-5,14H,6-13H2,1H3,(H2,18,22). The van der Waals surface area contributed by atoms with Crippen LogP contribution in [0.4, 0.5) is 5.69 Å². The average Bonchev–Trinajstić information content (AvgIpc) is 2.58. The molecule has 6 nitrogen and oxygen atoms in total. The van der Waals surface area contributed by atoms with Gasteiger partial charge in [0.1, 0.15) is 0 Å². The number of primary amides is 1. The van der Waals surface area contributed by atoms with Crippen LogP contribution in [0.2, 0.25) is 0 Å². The summed E-state index contributed by atoms with van der Waals surface area (Å²) in [6, 6.07) is 8.03. The second-order valence-electron chi connectivity index (χ2n) is 6.33. The molecule has 0 atom stereocenters. The lowest BCUT2D eigenvalue weighted by Crippen LogP contribution is -2.57. The molecule has 3 rings (SSSR count). The van der Waals surface area contributed by atoms with Crippen molar-refractivity contribution in [1.82, 2.24) is 9.91 Å². The van der Waals surface area contributed by atoms with Gasteiger partial charge in [0.25, 0.3) is 5.91 Å². The predicted octanol–water partition coefficient (Wildman–Crippen LogP) is 0.933. The van der Waals surface area contributed by atoms with Gasteiger partial charge in [-0.3, -0.25) is 4.79 Å². The Morgan fingerprint density at radius 3 is 2.48 bits per heavy atom. The van der Waals surface area contributed by atoms with Crippen molar-refractivity contribution in [2.24, 2.45) is 5.73 Å². The summed E-state index contributed by atoms with van der Waals surface area (Å²) >= 11 is 0. The number of hydrazine groups is 1. The zero-order chi connectivity index (χ0) is 16.2. The van der Waals surface area contributed by atoms with Gasteiger partial charge < -0.3 is 20.4 Å². The summed E-state index contributed by atoms with van der Waals surface area (Å²) in [5.74, 6) is -0.369. The Bertz CT molecular complexity index is 537. The van der Waals surface area contributed by atoms with Gasteiger partial charge >= 0.3 is 0 Å². The minimum Gasteiger partial charge on any atom is -0.381 e. The molecular formula is C17H26N4O2. The van der Waals surface area contributed by atoms with E-state index in [9.17, 15) is 4.79 Å². The Hall–Kier alpha value is -1.63. The Morgan fingerprint density at radius 2 is 1.83 bits per heavy atom. The van der Waals surface area contributed by atoms with E-state index in [-0.39, 0.29) is 5.91 Å². The molecule has 126 valence electrons. The van der Waals surface area contributed by atoms with Gasteiger partial charge in [-0.25, -0.2) is 5.01 Å². The third-order valence-electron chi connectivity index (χ3n) is 4.74. The molecule has 2 fully saturated rings. The van der Waals surface area contributed by atoms with Crippen molar-refractivity contribution in [1.29, 1.82) is 0 Å². The van der Waals surface area contributed by atoms with Crippen molar-refractivity contribution in [2.75, 3.05) is 51.4 Å². The fourth-order valence-corrected chi connectivity index (χ4v) is 3.40. The number of carbonyl (C=O) groups is 1. The number of hydrogen-bond acceptors (Lipinski definition) is 5. The van der Waals surface area contributed by atoms with Gasteiger partial charge in [0.15, 0.2) is 0 Å². The number of hydrogen-bond donors (Lipinski definition) is 1. The lowest BCUT2D eigenvalue weighted by Gasteiger charge is -2.46. The van der Waals surface area contributed by atoms with Crippen LogP contribution in [0, 0.1) is 0 Å². The molecule has 2 aliphatic heterocycles. The fourth-order valence-electron chi connectivity index (χ4n) is 3.40. The van der Waals surface area contributed by atoms with Crippen LogP contribution in [0.25, 0.3) is 0 Å². The highest BCUT2D eigenvalue weighted by Crippen LogP contribution is 2.28. The van der Waals surface area contributed by atoms with E-state index >= 15 is 0 Å². The zero-order valence-corrected chi connectivity index (χ0v) is 13.8. The second kappa shape index (κ2) is 7.29. The summed E-state index contributed by atoms with van der Waals surface area (Å²) in [6.07, 6.45) is 1.94. The van der Waals surface area contributed by atoms with Crippen LogP contribution in [-0.2, 0) is 4.74 Å². The number of likely N-dealkylation sites (N-methyl/N-ethyl adjacent to an activating group) is 1. The minimum absolute atomic E-state index is 0.354. The molecule has 1 aromatic carbocycles. The van der Waals surface area contributed by atoms with Crippen LogP contribution in [0.1, 0.15) is 23.2 Å². The van der Waals surface area contributed by atoms with Crippen LogP contribution in [0.15, 0.2) is 24.3 Å². The monoisotopic (exact) mass is 318 g/mol. The number of carbonyl (C=O) groups excluding carboxylic acids is 1. The maximum atomic E-state index is 11.9. The molecule has 0 bridgehead atoms. The molecule has 2 heterocycles. The highest BCUT2D eigenvalue weighted by Gasteiger charge is 2.30. The Kier molecular flexibility index (Phi) is 5.15. The summed E-state index contributed by atoms with van der Waals surface area (Å²) in [5, 5.41) is 4.69. The summed E-state index contributed by atoms with van der Waals surface area (Å²) in [5.41, 5.74) is 7.14. The van der Waals surface area contributed by atoms with Gasteiger partial charge in [0.2, 0.25) is 0 Å².